The van der Waals surface area contributed by atoms with E-state index in [9.17, 15) is 13.2 Å². The molecular formula is C24H30ClF3N6S. The second kappa shape index (κ2) is 10.7. The van der Waals surface area contributed by atoms with Crippen molar-refractivity contribution in [2.24, 2.45) is 0 Å². The molecule has 0 atom stereocenters. The lowest BCUT2D eigenvalue weighted by Gasteiger charge is -2.31. The number of aromatic nitrogens is 2. The van der Waals surface area contributed by atoms with Gasteiger partial charge in [0.2, 0.25) is 5.95 Å². The average Bonchev–Trinajstić information content (AvgIpc) is 2.80. The van der Waals surface area contributed by atoms with E-state index >= 15 is 0 Å². The smallest absolute Gasteiger partial charge is 0.362 e. The van der Waals surface area contributed by atoms with Crippen LogP contribution in [0, 0.1) is 0 Å². The van der Waals surface area contributed by atoms with Gasteiger partial charge in [-0.05, 0) is 81.8 Å². The topological polar surface area (TPSA) is 65.1 Å². The minimum absolute atomic E-state index is 0.143. The molecule has 0 amide bonds. The van der Waals surface area contributed by atoms with Crippen LogP contribution in [0.2, 0.25) is 5.02 Å². The first-order valence-electron chi connectivity index (χ1n) is 11.9. The fourth-order valence-corrected chi connectivity index (χ4v) is 5.26. The maximum Gasteiger partial charge on any atom is 0.417 e. The number of alkyl halides is 3. The van der Waals surface area contributed by atoms with Crippen molar-refractivity contribution in [1.82, 2.24) is 15.3 Å². The van der Waals surface area contributed by atoms with Gasteiger partial charge in [-0.2, -0.15) is 18.2 Å². The molecule has 0 unspecified atom stereocenters. The van der Waals surface area contributed by atoms with Crippen molar-refractivity contribution in [3.8, 4) is 0 Å². The lowest BCUT2D eigenvalue weighted by atomic mass is 9.91. The van der Waals surface area contributed by atoms with Gasteiger partial charge in [0.15, 0.2) is 5.11 Å². The number of nitrogens with zero attached hydrogens (tertiary/aromatic N) is 3. The van der Waals surface area contributed by atoms with Crippen molar-refractivity contribution in [2.45, 2.75) is 69.6 Å². The number of aryl methyl sites for hydroxylation is 1. The molecule has 2 aromatic rings. The monoisotopic (exact) mass is 526 g/mol. The van der Waals surface area contributed by atoms with E-state index in [1.165, 1.54) is 24.1 Å². The zero-order valence-electron chi connectivity index (χ0n) is 19.8. The Bertz CT molecular complexity index is 1070. The third-order valence-electron chi connectivity index (χ3n) is 6.51. The lowest BCUT2D eigenvalue weighted by molar-refractivity contribution is -0.137. The van der Waals surface area contributed by atoms with Crippen molar-refractivity contribution in [2.75, 3.05) is 29.6 Å². The van der Waals surface area contributed by atoms with Crippen molar-refractivity contribution < 1.29 is 13.2 Å². The number of fused-ring (bicyclic) bond motifs is 1. The quantitative estimate of drug-likeness (QED) is 0.425. The molecule has 1 aromatic heterocycles. The van der Waals surface area contributed by atoms with E-state index < -0.39 is 11.7 Å². The predicted octanol–water partition coefficient (Wildman–Crippen LogP) is 5.80. The molecule has 1 saturated carbocycles. The summed E-state index contributed by atoms with van der Waals surface area (Å²) in [7, 11) is 4.03. The molecular weight excluding hydrogens is 497 g/mol. The first-order valence-corrected chi connectivity index (χ1v) is 12.7. The van der Waals surface area contributed by atoms with Gasteiger partial charge < -0.3 is 20.9 Å². The zero-order chi connectivity index (χ0) is 25.2. The summed E-state index contributed by atoms with van der Waals surface area (Å²) in [5, 5.41) is 9.56. The number of benzene rings is 1. The largest absolute Gasteiger partial charge is 0.417 e. The van der Waals surface area contributed by atoms with Gasteiger partial charge in [0.1, 0.15) is 5.82 Å². The minimum atomic E-state index is -4.52. The Balaban J connectivity index is 1.30. The Morgan fingerprint density at radius 1 is 1.06 bits per heavy atom. The van der Waals surface area contributed by atoms with Gasteiger partial charge >= 0.3 is 6.18 Å². The Morgan fingerprint density at radius 2 is 1.74 bits per heavy atom. The number of thiocarbonyl (C=S) groups is 1. The van der Waals surface area contributed by atoms with E-state index in [2.05, 4.69) is 20.9 Å². The third-order valence-corrected chi connectivity index (χ3v) is 7.06. The van der Waals surface area contributed by atoms with Crippen molar-refractivity contribution >= 4 is 46.4 Å². The second-order valence-corrected chi connectivity index (χ2v) is 10.2. The summed E-state index contributed by atoms with van der Waals surface area (Å²) in [6, 6.07) is 4.07. The van der Waals surface area contributed by atoms with Crippen molar-refractivity contribution in [1.29, 1.82) is 0 Å². The lowest BCUT2D eigenvalue weighted by Crippen LogP contribution is -2.42. The van der Waals surface area contributed by atoms with Gasteiger partial charge in [0.25, 0.3) is 0 Å². The van der Waals surface area contributed by atoms with Gasteiger partial charge in [-0.3, -0.25) is 0 Å². The Morgan fingerprint density at radius 3 is 2.43 bits per heavy atom. The fourth-order valence-electron chi connectivity index (χ4n) is 4.75. The van der Waals surface area contributed by atoms with Crippen LogP contribution in [-0.2, 0) is 19.0 Å². The Labute approximate surface area is 214 Å². The van der Waals surface area contributed by atoms with Crippen molar-refractivity contribution in [3.63, 3.8) is 0 Å². The van der Waals surface area contributed by atoms with Crippen LogP contribution in [0.5, 0.6) is 0 Å². The molecule has 3 N–H and O–H groups in total. The second-order valence-electron chi connectivity index (χ2n) is 9.38. The van der Waals surface area contributed by atoms with E-state index in [-0.39, 0.29) is 22.8 Å². The van der Waals surface area contributed by atoms with E-state index in [0.29, 0.717) is 11.1 Å². The molecule has 0 spiro atoms. The number of anilines is 3. The maximum absolute atomic E-state index is 13.1. The van der Waals surface area contributed by atoms with Gasteiger partial charge in [0.05, 0.1) is 16.3 Å². The standard InChI is InChI=1S/C24H30ClF3N6S/c1-34(2)21-17-5-3-4-6-20(17)32-22(33-21)29-14-7-9-15(10-8-14)30-23(35)31-16-11-12-19(25)18(13-16)24(26,27)28/h11-15H,3-10H2,1-2H3,(H,29,32,33)(H2,30,31,35). The normalized spacial score (nSPS) is 20.1. The summed E-state index contributed by atoms with van der Waals surface area (Å²) in [4.78, 5) is 11.7. The van der Waals surface area contributed by atoms with Gasteiger partial charge in [-0.25, -0.2) is 4.98 Å². The molecule has 6 nitrogen and oxygen atoms in total. The molecule has 2 aliphatic rings. The molecule has 1 aromatic carbocycles. The van der Waals surface area contributed by atoms with Gasteiger partial charge in [0, 0.05) is 37.4 Å². The maximum atomic E-state index is 13.1. The van der Waals surface area contributed by atoms with Crippen LogP contribution in [0.25, 0.3) is 0 Å². The van der Waals surface area contributed by atoms with Crippen LogP contribution in [0.15, 0.2) is 18.2 Å². The van der Waals surface area contributed by atoms with Crippen LogP contribution in [0.3, 0.4) is 0 Å². The summed E-state index contributed by atoms with van der Waals surface area (Å²) in [5.41, 5.74) is 1.78. The SMILES string of the molecule is CN(C)c1nc(NC2CCC(NC(=S)Nc3ccc(Cl)c(C(F)(F)F)c3)CC2)nc2c1CCCC2. The van der Waals surface area contributed by atoms with Gasteiger partial charge in [-0.15, -0.1) is 0 Å². The predicted molar refractivity (Wildman–Crippen MR) is 138 cm³/mol. The molecule has 1 fully saturated rings. The first-order chi connectivity index (χ1) is 16.6. The number of hydrogen-bond acceptors (Lipinski definition) is 5. The summed E-state index contributed by atoms with van der Waals surface area (Å²) < 4.78 is 39.3. The molecule has 0 radical (unpaired) electrons. The third kappa shape index (κ3) is 6.46. The number of rotatable bonds is 5. The zero-order valence-corrected chi connectivity index (χ0v) is 21.4. The van der Waals surface area contributed by atoms with E-state index in [0.717, 1.165) is 62.5 Å². The molecule has 1 heterocycles. The molecule has 4 rings (SSSR count). The molecule has 190 valence electrons. The summed E-state index contributed by atoms with van der Waals surface area (Å²) >= 11 is 11.0. The molecule has 11 heteroatoms. The summed E-state index contributed by atoms with van der Waals surface area (Å²) in [6.45, 7) is 0. The van der Waals surface area contributed by atoms with Gasteiger partial charge in [-0.1, -0.05) is 11.6 Å². The molecule has 0 saturated heterocycles. The summed E-state index contributed by atoms with van der Waals surface area (Å²) in [5.74, 6) is 1.69. The Hall–Kier alpha value is -2.33. The average molecular weight is 527 g/mol. The number of hydrogen-bond donors (Lipinski definition) is 3. The minimum Gasteiger partial charge on any atom is -0.362 e. The van der Waals surface area contributed by atoms with Crippen LogP contribution >= 0.6 is 23.8 Å². The Kier molecular flexibility index (Phi) is 7.90. The van der Waals surface area contributed by atoms with E-state index in [1.807, 2.05) is 14.1 Å². The van der Waals surface area contributed by atoms with Crippen LogP contribution in [0.4, 0.5) is 30.6 Å². The summed E-state index contributed by atoms with van der Waals surface area (Å²) in [6.07, 6.45) is 3.42. The highest BCUT2D eigenvalue weighted by Gasteiger charge is 2.33. The first kappa shape index (κ1) is 25.8. The van der Waals surface area contributed by atoms with E-state index in [4.69, 9.17) is 33.8 Å². The highest BCUT2D eigenvalue weighted by molar-refractivity contribution is 7.80. The number of halogens is 4. The number of nitrogens with one attached hydrogen (secondary N) is 3. The highest BCUT2D eigenvalue weighted by Crippen LogP contribution is 2.36. The van der Waals surface area contributed by atoms with Crippen LogP contribution in [-0.4, -0.2) is 41.3 Å². The fraction of sp³-hybridized carbons (Fsp3) is 0.542. The highest BCUT2D eigenvalue weighted by atomic mass is 35.5. The van der Waals surface area contributed by atoms with Crippen molar-refractivity contribution in [3.05, 3.63) is 40.0 Å². The molecule has 2 aliphatic carbocycles. The van der Waals surface area contributed by atoms with E-state index in [1.54, 1.807) is 0 Å². The molecule has 0 bridgehead atoms. The molecule has 35 heavy (non-hydrogen) atoms. The van der Waals surface area contributed by atoms with Crippen LogP contribution in [0.1, 0.15) is 55.3 Å². The molecule has 0 aliphatic heterocycles. The van der Waals surface area contributed by atoms with Crippen LogP contribution < -0.4 is 20.9 Å².